The molecule has 5 rings (SSSR count). The second-order valence-corrected chi connectivity index (χ2v) is 9.36. The van der Waals surface area contributed by atoms with E-state index in [1.54, 1.807) is 36.4 Å². The molecule has 4 amide bonds. The number of hydrogen-bond acceptors (Lipinski definition) is 4. The number of aryl methyl sites for hydroxylation is 1. The van der Waals surface area contributed by atoms with Crippen LogP contribution in [0.3, 0.4) is 0 Å². The van der Waals surface area contributed by atoms with Crippen molar-refractivity contribution in [1.82, 2.24) is 5.32 Å². The second-order valence-electron chi connectivity index (χ2n) is 8.45. The number of fused-ring (bicyclic) bond motifs is 1. The topological polar surface area (TPSA) is 75.7 Å². The first-order valence-electron chi connectivity index (χ1n) is 11.3. The third-order valence-corrected chi connectivity index (χ3v) is 6.37. The van der Waals surface area contributed by atoms with E-state index in [1.165, 1.54) is 6.08 Å². The second kappa shape index (κ2) is 9.79. The van der Waals surface area contributed by atoms with E-state index >= 15 is 0 Å². The minimum atomic E-state index is -0.784. The van der Waals surface area contributed by atoms with Gasteiger partial charge in [0.25, 0.3) is 11.8 Å². The molecule has 1 N–H and O–H groups in total. The van der Waals surface area contributed by atoms with Gasteiger partial charge in [-0.15, -0.1) is 0 Å². The standard InChI is InChI=1S/C29H21BrN2O4/c1-18-6-11-24(12-7-18)32-28(34)25(27(33)31-29(32)35)16-22-15-23(30)10-13-26(22)36-17-19-8-9-20-4-2-3-5-21(20)14-19/h2-16H,17H2,1H3,(H,31,33,35)/b25-16+. The number of nitrogens with zero attached hydrogens (tertiary/aromatic N) is 1. The predicted octanol–water partition coefficient (Wildman–Crippen LogP) is 6.16. The molecular formula is C29H21BrN2O4. The molecule has 1 aliphatic rings. The summed E-state index contributed by atoms with van der Waals surface area (Å²) in [5, 5.41) is 4.51. The van der Waals surface area contributed by atoms with E-state index in [2.05, 4.69) is 33.4 Å². The van der Waals surface area contributed by atoms with Crippen LogP contribution >= 0.6 is 15.9 Å². The average molecular weight is 541 g/mol. The first-order chi connectivity index (χ1) is 17.4. The number of urea groups is 1. The monoisotopic (exact) mass is 540 g/mol. The SMILES string of the molecule is Cc1ccc(N2C(=O)NC(=O)/C(=C\c3cc(Br)ccc3OCc3ccc4ccccc4c3)C2=O)cc1. The molecule has 0 radical (unpaired) electrons. The van der Waals surface area contributed by atoms with Crippen LogP contribution in [-0.2, 0) is 16.2 Å². The van der Waals surface area contributed by atoms with Crippen molar-refractivity contribution in [1.29, 1.82) is 0 Å². The van der Waals surface area contributed by atoms with Gasteiger partial charge in [0.05, 0.1) is 5.69 Å². The molecule has 1 fully saturated rings. The molecule has 4 aromatic carbocycles. The van der Waals surface area contributed by atoms with Gasteiger partial charge in [-0.3, -0.25) is 14.9 Å². The van der Waals surface area contributed by atoms with E-state index in [1.807, 2.05) is 43.3 Å². The summed E-state index contributed by atoms with van der Waals surface area (Å²) in [4.78, 5) is 39.4. The number of barbiturate groups is 1. The summed E-state index contributed by atoms with van der Waals surface area (Å²) < 4.78 is 6.85. The molecule has 0 aliphatic carbocycles. The highest BCUT2D eigenvalue weighted by molar-refractivity contribution is 9.10. The van der Waals surface area contributed by atoms with Crippen LogP contribution in [-0.4, -0.2) is 17.8 Å². The Kier molecular flexibility index (Phi) is 6.40. The largest absolute Gasteiger partial charge is 0.488 e. The van der Waals surface area contributed by atoms with Crippen LogP contribution < -0.4 is 15.0 Å². The first kappa shape index (κ1) is 23.5. The van der Waals surface area contributed by atoms with Gasteiger partial charge in [0.15, 0.2) is 0 Å². The quantitative estimate of drug-likeness (QED) is 0.243. The highest BCUT2D eigenvalue weighted by Gasteiger charge is 2.37. The molecule has 0 unspecified atom stereocenters. The smallest absolute Gasteiger partial charge is 0.335 e. The van der Waals surface area contributed by atoms with Crippen LogP contribution in [0.5, 0.6) is 5.75 Å². The number of halogens is 1. The van der Waals surface area contributed by atoms with Gasteiger partial charge in [-0.25, -0.2) is 9.69 Å². The Bertz CT molecular complexity index is 1540. The molecule has 0 saturated carbocycles. The molecular weight excluding hydrogens is 520 g/mol. The van der Waals surface area contributed by atoms with Crippen molar-refractivity contribution in [3.63, 3.8) is 0 Å². The molecule has 0 bridgehead atoms. The summed E-state index contributed by atoms with van der Waals surface area (Å²) in [6, 6.07) is 25.7. The number of hydrogen-bond donors (Lipinski definition) is 1. The maximum atomic E-state index is 13.3. The van der Waals surface area contributed by atoms with Crippen molar-refractivity contribution in [2.75, 3.05) is 4.90 Å². The fourth-order valence-corrected chi connectivity index (χ4v) is 4.37. The number of rotatable bonds is 5. The Morgan fingerprint density at radius 3 is 2.42 bits per heavy atom. The van der Waals surface area contributed by atoms with E-state index in [0.717, 1.165) is 31.3 Å². The highest BCUT2D eigenvalue weighted by Crippen LogP contribution is 2.29. The molecule has 7 heteroatoms. The number of nitrogens with one attached hydrogen (secondary N) is 1. The van der Waals surface area contributed by atoms with Gasteiger partial charge in [0.1, 0.15) is 17.9 Å². The lowest BCUT2D eigenvalue weighted by Gasteiger charge is -2.26. The minimum absolute atomic E-state index is 0.163. The molecule has 1 saturated heterocycles. The Morgan fingerprint density at radius 2 is 1.64 bits per heavy atom. The zero-order valence-corrected chi connectivity index (χ0v) is 20.9. The average Bonchev–Trinajstić information content (AvgIpc) is 2.87. The van der Waals surface area contributed by atoms with Gasteiger partial charge in [-0.1, -0.05) is 70.0 Å². The molecule has 0 spiro atoms. The number of amides is 4. The van der Waals surface area contributed by atoms with Gasteiger partial charge in [-0.05, 0) is 65.7 Å². The van der Waals surface area contributed by atoms with Crippen LogP contribution in [0.1, 0.15) is 16.7 Å². The molecule has 0 aromatic heterocycles. The number of imide groups is 2. The van der Waals surface area contributed by atoms with E-state index in [0.29, 0.717) is 23.6 Å². The third-order valence-electron chi connectivity index (χ3n) is 5.87. The number of carbonyl (C=O) groups is 3. The van der Waals surface area contributed by atoms with Crippen molar-refractivity contribution in [2.24, 2.45) is 0 Å². The number of anilines is 1. The lowest BCUT2D eigenvalue weighted by atomic mass is 10.1. The Labute approximate surface area is 216 Å². The lowest BCUT2D eigenvalue weighted by Crippen LogP contribution is -2.54. The summed E-state index contributed by atoms with van der Waals surface area (Å²) in [6.07, 6.45) is 1.45. The van der Waals surface area contributed by atoms with E-state index in [9.17, 15) is 14.4 Å². The van der Waals surface area contributed by atoms with E-state index in [4.69, 9.17) is 4.74 Å². The van der Waals surface area contributed by atoms with Crippen molar-refractivity contribution in [3.8, 4) is 5.75 Å². The summed E-state index contributed by atoms with van der Waals surface area (Å²) >= 11 is 3.44. The maximum absolute atomic E-state index is 13.3. The Hall–Kier alpha value is -4.23. The summed E-state index contributed by atoms with van der Waals surface area (Å²) in [5.41, 5.74) is 2.71. The van der Waals surface area contributed by atoms with E-state index in [-0.39, 0.29) is 5.57 Å². The molecule has 1 heterocycles. The van der Waals surface area contributed by atoms with Gasteiger partial charge >= 0.3 is 6.03 Å². The normalized spacial score (nSPS) is 14.9. The van der Waals surface area contributed by atoms with Crippen molar-refractivity contribution >= 4 is 56.3 Å². The van der Waals surface area contributed by atoms with Gasteiger partial charge in [0, 0.05) is 10.0 Å². The number of carbonyl (C=O) groups excluding carboxylic acids is 3. The summed E-state index contributed by atoms with van der Waals surface area (Å²) in [6.45, 7) is 2.21. The van der Waals surface area contributed by atoms with E-state index < -0.39 is 17.8 Å². The highest BCUT2D eigenvalue weighted by atomic mass is 79.9. The zero-order valence-electron chi connectivity index (χ0n) is 19.3. The van der Waals surface area contributed by atoms with Crippen molar-refractivity contribution in [3.05, 3.63) is 112 Å². The molecule has 36 heavy (non-hydrogen) atoms. The summed E-state index contributed by atoms with van der Waals surface area (Å²) in [7, 11) is 0. The number of benzene rings is 4. The maximum Gasteiger partial charge on any atom is 0.335 e. The molecule has 4 aromatic rings. The fourth-order valence-electron chi connectivity index (χ4n) is 3.99. The van der Waals surface area contributed by atoms with Crippen molar-refractivity contribution < 1.29 is 19.1 Å². The first-order valence-corrected chi connectivity index (χ1v) is 12.1. The van der Waals surface area contributed by atoms with Gasteiger partial charge < -0.3 is 4.74 Å². The predicted molar refractivity (Wildman–Crippen MR) is 143 cm³/mol. The fraction of sp³-hybridized carbons (Fsp3) is 0.0690. The Morgan fingerprint density at radius 1 is 0.889 bits per heavy atom. The number of ether oxygens (including phenoxy) is 1. The summed E-state index contributed by atoms with van der Waals surface area (Å²) in [5.74, 6) is -0.958. The van der Waals surface area contributed by atoms with Gasteiger partial charge in [-0.2, -0.15) is 0 Å². The van der Waals surface area contributed by atoms with Crippen LogP contribution in [0.25, 0.3) is 16.8 Å². The molecule has 178 valence electrons. The van der Waals surface area contributed by atoms with Gasteiger partial charge in [0.2, 0.25) is 0 Å². The molecule has 6 nitrogen and oxygen atoms in total. The third kappa shape index (κ3) is 4.78. The van der Waals surface area contributed by atoms with Crippen LogP contribution in [0.2, 0.25) is 0 Å². The van der Waals surface area contributed by atoms with Crippen LogP contribution in [0.4, 0.5) is 10.5 Å². The minimum Gasteiger partial charge on any atom is -0.488 e. The Balaban J connectivity index is 1.45. The van der Waals surface area contributed by atoms with Crippen molar-refractivity contribution in [2.45, 2.75) is 13.5 Å². The molecule has 1 aliphatic heterocycles. The lowest BCUT2D eigenvalue weighted by molar-refractivity contribution is -0.122. The van der Waals surface area contributed by atoms with Crippen LogP contribution in [0.15, 0.2) is 95.0 Å². The molecule has 0 atom stereocenters. The van der Waals surface area contributed by atoms with Crippen LogP contribution in [0, 0.1) is 6.92 Å². The zero-order chi connectivity index (χ0) is 25.2.